The zero-order valence-electron chi connectivity index (χ0n) is 27.9. The number of benzene rings is 1. The highest BCUT2D eigenvalue weighted by Crippen LogP contribution is 2.58. The normalized spacial score (nSPS) is 26.1. The number of ether oxygens (including phenoxy) is 1. The summed E-state index contributed by atoms with van der Waals surface area (Å²) < 4.78 is 52.0. The summed E-state index contributed by atoms with van der Waals surface area (Å²) in [6, 6.07) is 9.56. The molecule has 51 heavy (non-hydrogen) atoms. The summed E-state index contributed by atoms with van der Waals surface area (Å²) in [6.07, 6.45) is 5.15. The summed E-state index contributed by atoms with van der Waals surface area (Å²) in [5.41, 5.74) is -2.66. The van der Waals surface area contributed by atoms with Crippen LogP contribution in [-0.2, 0) is 17.5 Å². The van der Waals surface area contributed by atoms with Gasteiger partial charge in [0.1, 0.15) is 17.4 Å². The predicted molar refractivity (Wildman–Crippen MR) is 180 cm³/mol. The first-order valence-corrected chi connectivity index (χ1v) is 17.6. The van der Waals surface area contributed by atoms with E-state index in [0.717, 1.165) is 38.4 Å². The number of anilines is 1. The van der Waals surface area contributed by atoms with Crippen LogP contribution in [0.5, 0.6) is 5.75 Å². The molecule has 14 heteroatoms. The third kappa shape index (κ3) is 5.96. The Morgan fingerprint density at radius 3 is 2.29 bits per heavy atom. The predicted octanol–water partition coefficient (Wildman–Crippen LogP) is 5.56. The number of piperidine rings is 1. The first-order valence-electron chi connectivity index (χ1n) is 17.6. The number of halogens is 3. The number of amides is 1. The lowest BCUT2D eigenvalue weighted by molar-refractivity contribution is -0.163. The molecular weight excluding hydrogens is 665 g/mol. The van der Waals surface area contributed by atoms with Gasteiger partial charge in [-0.3, -0.25) is 4.79 Å². The van der Waals surface area contributed by atoms with Crippen LogP contribution in [0.2, 0.25) is 0 Å². The van der Waals surface area contributed by atoms with Crippen LogP contribution in [0, 0.1) is 23.7 Å². The molecule has 0 atom stereocenters. The van der Waals surface area contributed by atoms with E-state index < -0.39 is 34.8 Å². The number of alkyl halides is 3. The van der Waals surface area contributed by atoms with Gasteiger partial charge >= 0.3 is 12.1 Å². The van der Waals surface area contributed by atoms with Crippen LogP contribution in [0.1, 0.15) is 61.0 Å². The molecule has 1 aromatic carbocycles. The Kier molecular flexibility index (Phi) is 8.39. The summed E-state index contributed by atoms with van der Waals surface area (Å²) >= 11 is 0. The van der Waals surface area contributed by atoms with Gasteiger partial charge in [-0.05, 0) is 86.1 Å². The molecule has 5 aliphatic rings. The lowest BCUT2D eigenvalue weighted by atomic mass is 9.48. The maximum Gasteiger partial charge on any atom is 0.434 e. The zero-order chi connectivity index (χ0) is 35.5. The van der Waals surface area contributed by atoms with Crippen LogP contribution in [-0.4, -0.2) is 72.9 Å². The summed E-state index contributed by atoms with van der Waals surface area (Å²) in [5, 5.41) is 23.5. The second kappa shape index (κ2) is 12.8. The fourth-order valence-electron chi connectivity index (χ4n) is 9.46. The second-order valence-electron chi connectivity index (χ2n) is 14.5. The van der Waals surface area contributed by atoms with Crippen LogP contribution in [0.25, 0.3) is 22.2 Å². The third-order valence-electron chi connectivity index (χ3n) is 11.6. The summed E-state index contributed by atoms with van der Waals surface area (Å²) in [6.45, 7) is 1.43. The van der Waals surface area contributed by atoms with Crippen molar-refractivity contribution < 1.29 is 37.7 Å². The van der Waals surface area contributed by atoms with Crippen molar-refractivity contribution in [2.45, 2.75) is 69.3 Å². The van der Waals surface area contributed by atoms with Gasteiger partial charge in [-0.2, -0.15) is 13.2 Å². The molecule has 9 rings (SSSR count). The molecule has 0 radical (unpaired) electrons. The second-order valence-corrected chi connectivity index (χ2v) is 14.5. The van der Waals surface area contributed by atoms with Gasteiger partial charge in [-0.25, -0.2) is 19.7 Å². The van der Waals surface area contributed by atoms with E-state index in [2.05, 4.69) is 25.2 Å². The van der Waals surface area contributed by atoms with Gasteiger partial charge in [0, 0.05) is 68.1 Å². The zero-order valence-corrected chi connectivity index (χ0v) is 27.9. The number of hydrogen-bond acceptors (Lipinski definition) is 8. The van der Waals surface area contributed by atoms with Crippen molar-refractivity contribution in [2.75, 3.05) is 24.6 Å². The molecule has 4 saturated carbocycles. The molecule has 0 unspecified atom stereocenters. The monoisotopic (exact) mass is 704 g/mol. The molecule has 4 aliphatic carbocycles. The Morgan fingerprint density at radius 1 is 0.980 bits per heavy atom. The van der Waals surface area contributed by atoms with E-state index in [1.54, 1.807) is 41.4 Å². The molecule has 1 amide bonds. The van der Waals surface area contributed by atoms with Crippen LogP contribution >= 0.6 is 0 Å². The number of rotatable bonds is 9. The van der Waals surface area contributed by atoms with Crippen LogP contribution in [0.3, 0.4) is 0 Å². The van der Waals surface area contributed by atoms with Crippen molar-refractivity contribution in [1.29, 1.82) is 0 Å². The summed E-state index contributed by atoms with van der Waals surface area (Å²) in [4.78, 5) is 41.2. The number of carbonyl (C=O) groups excluding carboxylic acids is 1. The van der Waals surface area contributed by atoms with E-state index in [1.807, 2.05) is 6.07 Å². The molecule has 1 saturated heterocycles. The minimum atomic E-state index is -4.99. The topological polar surface area (TPSA) is 143 Å². The number of aliphatic carboxylic acids is 1. The molecule has 0 spiro atoms. The van der Waals surface area contributed by atoms with Crippen molar-refractivity contribution in [3.05, 3.63) is 66.2 Å². The minimum Gasteiger partial charge on any atom is -0.490 e. The molecular formula is C37H39F3N6O5. The molecule has 4 heterocycles. The highest BCUT2D eigenvalue weighted by Gasteiger charge is 2.62. The fraction of sp³-hybridized carbons (Fsp3) is 0.486. The van der Waals surface area contributed by atoms with E-state index in [9.17, 15) is 33.0 Å². The molecule has 268 valence electrons. The number of nitrogens with zero attached hydrogens (tertiary/aromatic N) is 5. The van der Waals surface area contributed by atoms with Crippen LogP contribution in [0.15, 0.2) is 55.0 Å². The molecule has 3 aromatic heterocycles. The smallest absolute Gasteiger partial charge is 0.434 e. The molecule has 11 nitrogen and oxygen atoms in total. The van der Waals surface area contributed by atoms with Crippen molar-refractivity contribution in [3.8, 4) is 17.0 Å². The van der Waals surface area contributed by atoms with Crippen molar-refractivity contribution in [1.82, 2.24) is 24.8 Å². The van der Waals surface area contributed by atoms with Gasteiger partial charge in [-0.15, -0.1) is 0 Å². The van der Waals surface area contributed by atoms with E-state index >= 15 is 0 Å². The number of carbonyl (C=O) groups is 2. The van der Waals surface area contributed by atoms with Crippen molar-refractivity contribution in [3.63, 3.8) is 0 Å². The van der Waals surface area contributed by atoms with Crippen LogP contribution in [0.4, 0.5) is 19.1 Å². The maximum atomic E-state index is 14.6. The van der Waals surface area contributed by atoms with E-state index in [-0.39, 0.29) is 36.8 Å². The number of aliphatic hydroxyl groups is 1. The van der Waals surface area contributed by atoms with E-state index in [4.69, 9.17) is 4.74 Å². The molecule has 4 aromatic rings. The number of carboxylic acids is 1. The number of nitrogens with one attached hydrogen (secondary N) is 1. The quantitative estimate of drug-likeness (QED) is 0.204. The Labute approximate surface area is 291 Å². The third-order valence-corrected chi connectivity index (χ3v) is 11.6. The van der Waals surface area contributed by atoms with Gasteiger partial charge < -0.3 is 29.7 Å². The Hall–Kier alpha value is -4.72. The first kappa shape index (κ1) is 33.4. The average molecular weight is 705 g/mol. The number of aromatic nitrogens is 4. The minimum absolute atomic E-state index is 0.00712. The number of carboxylic acid groups (broad SMARTS) is 1. The van der Waals surface area contributed by atoms with Gasteiger partial charge in [0.25, 0.3) is 5.91 Å². The van der Waals surface area contributed by atoms with Crippen LogP contribution < -0.4 is 15.0 Å². The molecule has 4 bridgehead atoms. The number of hydrogen-bond donors (Lipinski definition) is 3. The molecule has 5 fully saturated rings. The number of pyridine rings is 1. The van der Waals surface area contributed by atoms with Gasteiger partial charge in [0.15, 0.2) is 5.69 Å². The number of fused-ring (bicyclic) bond motifs is 1. The summed E-state index contributed by atoms with van der Waals surface area (Å²) in [7, 11) is 0. The van der Waals surface area contributed by atoms with E-state index in [0.29, 0.717) is 65.7 Å². The Bertz CT molecular complexity index is 1930. The maximum absolute atomic E-state index is 14.6. The average Bonchev–Trinajstić information content (AvgIpc) is 3.47. The van der Waals surface area contributed by atoms with E-state index in [1.165, 1.54) is 6.07 Å². The standard InChI is InChI=1S/C37H39F3N6O5/c38-37(39,40)32-28(33(48)44-36(34(49)50)23-15-21-14-22(17-23)18-24(36)16-21)4-5-30(43-32)29-20-46(12-13-47)31-19-26(2-3-27(29)31)51-25-6-10-45(11-7-25)35-41-8-1-9-42-35/h1-5,8-9,19-25,47H,6-7,10-18H2,(H,44,48)(H,49,50). The Balaban J connectivity index is 1.07. The van der Waals surface area contributed by atoms with Gasteiger partial charge in [0.05, 0.1) is 23.4 Å². The van der Waals surface area contributed by atoms with Crippen molar-refractivity contribution in [2.24, 2.45) is 23.7 Å². The van der Waals surface area contributed by atoms with Gasteiger partial charge in [-0.1, -0.05) is 0 Å². The van der Waals surface area contributed by atoms with Gasteiger partial charge in [0.2, 0.25) is 5.95 Å². The first-order chi connectivity index (χ1) is 24.5. The lowest BCUT2D eigenvalue weighted by Gasteiger charge is -2.59. The highest BCUT2D eigenvalue weighted by atomic mass is 19.4. The Morgan fingerprint density at radius 2 is 1.67 bits per heavy atom. The lowest BCUT2D eigenvalue weighted by Crippen LogP contribution is -2.70. The summed E-state index contributed by atoms with van der Waals surface area (Å²) in [5.74, 6) is -0.845. The molecule has 3 N–H and O–H groups in total. The number of aliphatic hydroxyl groups excluding tert-OH is 1. The largest absolute Gasteiger partial charge is 0.490 e. The van der Waals surface area contributed by atoms with Crippen molar-refractivity contribution >= 4 is 28.7 Å². The SMILES string of the molecule is O=C(NC1(C(=O)O)C2CC3CC(C2)CC1C3)c1ccc(-c2cn(CCO)c3cc(OC4CCN(c5ncccn5)CC4)ccc23)nc1C(F)(F)F. The molecule has 1 aliphatic heterocycles. The fourth-order valence-corrected chi connectivity index (χ4v) is 9.46. The highest BCUT2D eigenvalue weighted by molar-refractivity contribution is 6.00.